The molecule has 0 unspecified atom stereocenters. The van der Waals surface area contributed by atoms with E-state index in [1.165, 1.54) is 0 Å². The fraction of sp³-hybridized carbons (Fsp3) is 0.0909. The lowest BCUT2D eigenvalue weighted by atomic mass is 10.2. The van der Waals surface area contributed by atoms with Gasteiger partial charge in [-0.3, -0.25) is 4.98 Å². The van der Waals surface area contributed by atoms with Crippen LogP contribution < -0.4 is 4.74 Å². The predicted octanol–water partition coefficient (Wildman–Crippen LogP) is 4.66. The number of fused-ring (bicyclic) bond motifs is 1. The maximum Gasteiger partial charge on any atom is 0.338 e. The van der Waals surface area contributed by atoms with E-state index in [0.29, 0.717) is 29.6 Å². The predicted molar refractivity (Wildman–Crippen MR) is 105 cm³/mol. The summed E-state index contributed by atoms with van der Waals surface area (Å²) in [5, 5.41) is 0.796. The summed E-state index contributed by atoms with van der Waals surface area (Å²) in [4.78, 5) is 25.1. The molecule has 138 valence electrons. The van der Waals surface area contributed by atoms with Gasteiger partial charge in [0.2, 0.25) is 5.88 Å². The summed E-state index contributed by atoms with van der Waals surface area (Å²) in [6.45, 7) is 2.11. The maximum absolute atomic E-state index is 11.8. The maximum atomic E-state index is 11.8. The molecule has 0 saturated carbocycles. The number of hydrogen-bond donors (Lipinski definition) is 0. The minimum Gasteiger partial charge on any atom is -0.462 e. The van der Waals surface area contributed by atoms with Crippen LogP contribution in [0.15, 0.2) is 73.1 Å². The summed E-state index contributed by atoms with van der Waals surface area (Å²) in [5.41, 5.74) is 2.04. The molecule has 0 aliphatic carbocycles. The quantitative estimate of drug-likeness (QED) is 0.475. The van der Waals surface area contributed by atoms with Gasteiger partial charge in [-0.2, -0.15) is 4.98 Å². The molecular formula is C22H17N3O3. The molecule has 0 radical (unpaired) electrons. The molecule has 0 atom stereocenters. The van der Waals surface area contributed by atoms with Crippen LogP contribution in [0.4, 0.5) is 0 Å². The second-order valence-corrected chi connectivity index (χ2v) is 5.96. The van der Waals surface area contributed by atoms with Crippen LogP contribution in [-0.2, 0) is 4.74 Å². The second kappa shape index (κ2) is 7.84. The van der Waals surface area contributed by atoms with Crippen molar-refractivity contribution in [2.24, 2.45) is 0 Å². The molecule has 0 fully saturated rings. The van der Waals surface area contributed by atoms with E-state index >= 15 is 0 Å². The van der Waals surface area contributed by atoms with Crippen LogP contribution in [-0.4, -0.2) is 27.5 Å². The Balaban J connectivity index is 1.71. The summed E-state index contributed by atoms with van der Waals surface area (Å²) < 4.78 is 11.0. The van der Waals surface area contributed by atoms with Crippen molar-refractivity contribution in [2.45, 2.75) is 6.92 Å². The molecule has 4 rings (SSSR count). The van der Waals surface area contributed by atoms with Gasteiger partial charge in [0.05, 0.1) is 23.1 Å². The first-order chi connectivity index (χ1) is 13.7. The summed E-state index contributed by atoms with van der Waals surface area (Å²) in [5.74, 6) is 1.17. The van der Waals surface area contributed by atoms with Crippen molar-refractivity contribution >= 4 is 16.9 Å². The first kappa shape index (κ1) is 17.6. The Hall–Kier alpha value is -3.80. The van der Waals surface area contributed by atoms with Crippen molar-refractivity contribution in [3.8, 4) is 23.0 Å². The van der Waals surface area contributed by atoms with Crippen molar-refractivity contribution in [1.29, 1.82) is 0 Å². The lowest BCUT2D eigenvalue weighted by molar-refractivity contribution is 0.0526. The van der Waals surface area contributed by atoms with Crippen LogP contribution in [0, 0.1) is 0 Å². The van der Waals surface area contributed by atoms with Crippen LogP contribution in [0.25, 0.3) is 22.3 Å². The number of carbonyl (C=O) groups is 1. The van der Waals surface area contributed by atoms with E-state index in [0.717, 1.165) is 16.5 Å². The van der Waals surface area contributed by atoms with Gasteiger partial charge in [-0.05, 0) is 55.5 Å². The van der Waals surface area contributed by atoms with Crippen LogP contribution in [0.3, 0.4) is 0 Å². The molecule has 0 bridgehead atoms. The van der Waals surface area contributed by atoms with Gasteiger partial charge >= 0.3 is 5.97 Å². The molecule has 0 aliphatic heterocycles. The topological polar surface area (TPSA) is 74.2 Å². The molecule has 6 nitrogen and oxygen atoms in total. The fourth-order valence-corrected chi connectivity index (χ4v) is 2.73. The van der Waals surface area contributed by atoms with E-state index in [1.807, 2.05) is 36.4 Å². The standard InChI is InChI=1S/C22H17N3O3/c1-2-27-22(26)15-9-11-17(12-10-15)28-21-18-7-3-4-8-19(18)24-20(25-21)16-6-5-13-23-14-16/h3-14H,2H2,1H3. The number of para-hydroxylation sites is 1. The molecule has 2 aromatic carbocycles. The minimum atomic E-state index is -0.361. The van der Waals surface area contributed by atoms with Crippen molar-refractivity contribution in [2.75, 3.05) is 6.61 Å². The molecule has 0 aliphatic rings. The van der Waals surface area contributed by atoms with Crippen LogP contribution in [0.1, 0.15) is 17.3 Å². The van der Waals surface area contributed by atoms with Gasteiger partial charge in [0.25, 0.3) is 0 Å². The van der Waals surface area contributed by atoms with Crippen LogP contribution in [0.5, 0.6) is 11.6 Å². The Morgan fingerprint density at radius 3 is 2.54 bits per heavy atom. The zero-order chi connectivity index (χ0) is 19.3. The third-order valence-electron chi connectivity index (χ3n) is 4.07. The highest BCUT2D eigenvalue weighted by Crippen LogP contribution is 2.30. The molecule has 0 saturated heterocycles. The molecule has 4 aromatic rings. The van der Waals surface area contributed by atoms with Gasteiger partial charge < -0.3 is 9.47 Å². The first-order valence-corrected chi connectivity index (χ1v) is 8.87. The van der Waals surface area contributed by atoms with Gasteiger partial charge in [0, 0.05) is 18.0 Å². The average Bonchev–Trinajstić information content (AvgIpc) is 2.75. The Labute approximate surface area is 161 Å². The zero-order valence-electron chi connectivity index (χ0n) is 15.2. The normalized spacial score (nSPS) is 10.6. The number of carbonyl (C=O) groups excluding carboxylic acids is 1. The number of rotatable bonds is 5. The molecule has 6 heteroatoms. The van der Waals surface area contributed by atoms with Gasteiger partial charge in [-0.25, -0.2) is 9.78 Å². The Bertz CT molecular complexity index is 1110. The molecule has 0 amide bonds. The third-order valence-corrected chi connectivity index (χ3v) is 4.07. The number of pyridine rings is 1. The van der Waals surface area contributed by atoms with Crippen molar-refractivity contribution < 1.29 is 14.3 Å². The molecule has 2 heterocycles. The molecule has 2 aromatic heterocycles. The zero-order valence-corrected chi connectivity index (χ0v) is 15.2. The Morgan fingerprint density at radius 2 is 1.79 bits per heavy atom. The fourth-order valence-electron chi connectivity index (χ4n) is 2.73. The first-order valence-electron chi connectivity index (χ1n) is 8.87. The van der Waals surface area contributed by atoms with Gasteiger partial charge in [-0.1, -0.05) is 12.1 Å². The molecule has 28 heavy (non-hydrogen) atoms. The highest BCUT2D eigenvalue weighted by molar-refractivity contribution is 5.89. The number of benzene rings is 2. The van der Waals surface area contributed by atoms with Crippen LogP contribution in [0.2, 0.25) is 0 Å². The van der Waals surface area contributed by atoms with Crippen molar-refractivity contribution in [3.63, 3.8) is 0 Å². The van der Waals surface area contributed by atoms with E-state index in [1.54, 1.807) is 43.6 Å². The van der Waals surface area contributed by atoms with E-state index < -0.39 is 0 Å². The van der Waals surface area contributed by atoms with Crippen molar-refractivity contribution in [1.82, 2.24) is 15.0 Å². The highest BCUT2D eigenvalue weighted by Gasteiger charge is 2.12. The summed E-state index contributed by atoms with van der Waals surface area (Å²) in [7, 11) is 0. The van der Waals surface area contributed by atoms with E-state index in [-0.39, 0.29) is 5.97 Å². The molecule has 0 N–H and O–H groups in total. The number of aromatic nitrogens is 3. The van der Waals surface area contributed by atoms with Gasteiger partial charge in [0.15, 0.2) is 5.82 Å². The van der Waals surface area contributed by atoms with E-state index in [9.17, 15) is 4.79 Å². The van der Waals surface area contributed by atoms with Crippen LogP contribution >= 0.6 is 0 Å². The minimum absolute atomic E-state index is 0.334. The smallest absolute Gasteiger partial charge is 0.338 e. The van der Waals surface area contributed by atoms with Gasteiger partial charge in [0.1, 0.15) is 5.75 Å². The summed E-state index contributed by atoms with van der Waals surface area (Å²) in [6.07, 6.45) is 3.41. The number of nitrogens with zero attached hydrogens (tertiary/aromatic N) is 3. The monoisotopic (exact) mass is 371 g/mol. The number of esters is 1. The molecule has 0 spiro atoms. The number of ether oxygens (including phenoxy) is 2. The van der Waals surface area contributed by atoms with Gasteiger partial charge in [-0.15, -0.1) is 0 Å². The SMILES string of the molecule is CCOC(=O)c1ccc(Oc2nc(-c3cccnc3)nc3ccccc23)cc1. The Morgan fingerprint density at radius 1 is 0.964 bits per heavy atom. The third kappa shape index (κ3) is 3.66. The summed E-state index contributed by atoms with van der Waals surface area (Å²) in [6, 6.07) is 18.1. The number of hydrogen-bond acceptors (Lipinski definition) is 6. The second-order valence-electron chi connectivity index (χ2n) is 5.96. The lowest BCUT2D eigenvalue weighted by Crippen LogP contribution is -2.04. The highest BCUT2D eigenvalue weighted by atomic mass is 16.5. The van der Waals surface area contributed by atoms with Crippen molar-refractivity contribution in [3.05, 3.63) is 78.6 Å². The van der Waals surface area contributed by atoms with E-state index in [2.05, 4.69) is 15.0 Å². The lowest BCUT2D eigenvalue weighted by Gasteiger charge is -2.10. The average molecular weight is 371 g/mol. The summed E-state index contributed by atoms with van der Waals surface area (Å²) >= 11 is 0. The Kier molecular flexibility index (Phi) is 4.93. The van der Waals surface area contributed by atoms with E-state index in [4.69, 9.17) is 9.47 Å². The largest absolute Gasteiger partial charge is 0.462 e. The molecular weight excluding hydrogens is 354 g/mol.